The molecule has 2 saturated heterocycles. The van der Waals surface area contributed by atoms with E-state index < -0.39 is 23.4 Å². The van der Waals surface area contributed by atoms with E-state index in [0.29, 0.717) is 42.8 Å². The van der Waals surface area contributed by atoms with Crippen molar-refractivity contribution in [3.8, 4) is 5.88 Å². The molecule has 1 aromatic rings. The number of carbonyl (C=O) groups excluding carboxylic acids is 3. The zero-order valence-electron chi connectivity index (χ0n) is 17.8. The Morgan fingerprint density at radius 1 is 1.19 bits per heavy atom. The van der Waals surface area contributed by atoms with Crippen LogP contribution < -0.4 is 25.7 Å². The maximum atomic E-state index is 12.6. The highest BCUT2D eigenvalue weighted by molar-refractivity contribution is 6.24. The van der Waals surface area contributed by atoms with Crippen LogP contribution in [0, 0.1) is 0 Å². The fourth-order valence-corrected chi connectivity index (χ4v) is 4.46. The molecule has 4 heterocycles. The molecule has 4 aliphatic rings. The van der Waals surface area contributed by atoms with Crippen LogP contribution in [0.25, 0.3) is 0 Å². The third-order valence-corrected chi connectivity index (χ3v) is 6.09. The monoisotopic (exact) mass is 436 g/mol. The van der Waals surface area contributed by atoms with Crippen molar-refractivity contribution in [3.05, 3.63) is 54.1 Å². The number of barbiturate groups is 1. The number of hydrazine groups is 1. The first kappa shape index (κ1) is 20.3. The average molecular weight is 436 g/mol. The number of aromatic nitrogens is 1. The molecule has 10 nitrogen and oxygen atoms in total. The van der Waals surface area contributed by atoms with Crippen LogP contribution in [0.4, 0.5) is 10.5 Å². The van der Waals surface area contributed by atoms with Gasteiger partial charge in [0.05, 0.1) is 17.9 Å². The van der Waals surface area contributed by atoms with Crippen molar-refractivity contribution in [2.45, 2.75) is 44.3 Å². The number of pyridine rings is 1. The summed E-state index contributed by atoms with van der Waals surface area (Å²) in [6.07, 6.45) is 10.5. The van der Waals surface area contributed by atoms with Gasteiger partial charge < -0.3 is 14.6 Å². The van der Waals surface area contributed by atoms with Crippen LogP contribution >= 0.6 is 0 Å². The minimum Gasteiger partial charge on any atom is -0.439 e. The van der Waals surface area contributed by atoms with Crippen molar-refractivity contribution in [1.29, 1.82) is 0 Å². The van der Waals surface area contributed by atoms with Gasteiger partial charge in [0.2, 0.25) is 5.88 Å². The first-order valence-electron chi connectivity index (χ1n) is 10.6. The predicted molar refractivity (Wildman–Crippen MR) is 115 cm³/mol. The molecule has 10 heteroatoms. The summed E-state index contributed by atoms with van der Waals surface area (Å²) in [5, 5.41) is 6.48. The molecule has 1 aromatic heterocycles. The maximum absolute atomic E-state index is 12.6. The lowest BCUT2D eigenvalue weighted by Crippen LogP contribution is -2.71. The van der Waals surface area contributed by atoms with Gasteiger partial charge in [0.15, 0.2) is 5.54 Å². The molecule has 1 spiro atoms. The molecule has 1 unspecified atom stereocenters. The normalized spacial score (nSPS) is 23.8. The maximum Gasteiger partial charge on any atom is 0.328 e. The van der Waals surface area contributed by atoms with Gasteiger partial charge in [-0.05, 0) is 50.5 Å². The number of ether oxygens (including phenoxy) is 1. The number of imide groups is 2. The molecule has 0 aromatic carbocycles. The number of hydrogen-bond acceptors (Lipinski definition) is 8. The van der Waals surface area contributed by atoms with Crippen molar-refractivity contribution in [2.24, 2.45) is 0 Å². The van der Waals surface area contributed by atoms with Gasteiger partial charge in [-0.2, -0.15) is 0 Å². The van der Waals surface area contributed by atoms with Crippen LogP contribution in [0.3, 0.4) is 0 Å². The van der Waals surface area contributed by atoms with Crippen molar-refractivity contribution >= 4 is 23.5 Å². The van der Waals surface area contributed by atoms with E-state index in [1.165, 1.54) is 0 Å². The van der Waals surface area contributed by atoms with E-state index in [-0.39, 0.29) is 6.04 Å². The Labute approximate surface area is 185 Å². The molecule has 0 saturated carbocycles. The summed E-state index contributed by atoms with van der Waals surface area (Å²) >= 11 is 0. The summed E-state index contributed by atoms with van der Waals surface area (Å²) in [6, 6.07) is 3.15. The number of fused-ring (bicyclic) bond motifs is 1. The van der Waals surface area contributed by atoms with E-state index in [1.54, 1.807) is 23.2 Å². The molecule has 4 amide bonds. The molecule has 0 bridgehead atoms. The Balaban J connectivity index is 1.33. The van der Waals surface area contributed by atoms with Gasteiger partial charge in [0.1, 0.15) is 5.76 Å². The molecular weight excluding hydrogens is 412 g/mol. The number of carbonyl (C=O) groups is 3. The third kappa shape index (κ3) is 3.23. The van der Waals surface area contributed by atoms with Crippen LogP contribution in [0.2, 0.25) is 0 Å². The van der Waals surface area contributed by atoms with E-state index in [0.717, 1.165) is 5.57 Å². The summed E-state index contributed by atoms with van der Waals surface area (Å²) in [5.41, 5.74) is 3.68. The number of nitrogens with one attached hydrogen (secondary N) is 3. The molecule has 166 valence electrons. The van der Waals surface area contributed by atoms with E-state index >= 15 is 0 Å². The number of allylic oxidation sites excluding steroid dienone is 1. The van der Waals surface area contributed by atoms with Crippen LogP contribution in [0.5, 0.6) is 5.88 Å². The number of hydrogen-bond donors (Lipinski definition) is 3. The SMILES string of the molecule is CC(C)N1C=C2C=C(Oc3ccc(N4CCCC45C(=O)NC(=O)NC5=O)cn3)C=CC2N1. The van der Waals surface area contributed by atoms with Crippen LogP contribution in [0.15, 0.2) is 54.1 Å². The highest BCUT2D eigenvalue weighted by Crippen LogP contribution is 2.36. The Morgan fingerprint density at radius 3 is 2.66 bits per heavy atom. The van der Waals surface area contributed by atoms with Gasteiger partial charge in [0, 0.05) is 24.9 Å². The third-order valence-electron chi connectivity index (χ3n) is 6.09. The second kappa shape index (κ2) is 7.49. The number of amides is 4. The van der Waals surface area contributed by atoms with Crippen molar-refractivity contribution < 1.29 is 19.1 Å². The smallest absolute Gasteiger partial charge is 0.328 e. The Hall–Kier alpha value is -3.66. The summed E-state index contributed by atoms with van der Waals surface area (Å²) in [7, 11) is 0. The quantitative estimate of drug-likeness (QED) is 0.601. The molecule has 1 atom stereocenters. The lowest BCUT2D eigenvalue weighted by molar-refractivity contribution is -0.137. The Morgan fingerprint density at radius 2 is 1.97 bits per heavy atom. The lowest BCUT2D eigenvalue weighted by Gasteiger charge is -2.38. The molecular formula is C22H24N6O4. The standard InChI is InChI=1S/C22H24N6O4/c1-13(2)28-12-14-10-16(5-6-17(14)26-28)32-18-7-4-15(11-23-18)27-9-3-8-22(27)19(29)24-21(31)25-20(22)30/h4-7,10-13,17,26H,3,8-9H2,1-2H3,(H2,24,25,29,30,31). The molecule has 1 aliphatic carbocycles. The van der Waals surface area contributed by atoms with Gasteiger partial charge in [-0.25, -0.2) is 15.2 Å². The highest BCUT2D eigenvalue weighted by atomic mass is 16.5. The topological polar surface area (TPSA) is 116 Å². The van der Waals surface area contributed by atoms with E-state index in [2.05, 4.69) is 46.1 Å². The molecule has 0 radical (unpaired) electrons. The predicted octanol–water partition coefficient (Wildman–Crippen LogP) is 1.10. The zero-order valence-corrected chi connectivity index (χ0v) is 17.8. The molecule has 2 fully saturated rings. The summed E-state index contributed by atoms with van der Waals surface area (Å²) in [5.74, 6) is -0.145. The lowest BCUT2D eigenvalue weighted by atomic mass is 9.92. The fraction of sp³-hybridized carbons (Fsp3) is 0.364. The van der Waals surface area contributed by atoms with Crippen molar-refractivity contribution in [1.82, 2.24) is 26.1 Å². The van der Waals surface area contributed by atoms with E-state index in [9.17, 15) is 14.4 Å². The Kier molecular flexibility index (Phi) is 4.74. The number of nitrogens with zero attached hydrogens (tertiary/aromatic N) is 3. The molecule has 5 rings (SSSR count). The first-order valence-corrected chi connectivity index (χ1v) is 10.6. The van der Waals surface area contributed by atoms with E-state index in [1.807, 2.05) is 18.2 Å². The minimum absolute atomic E-state index is 0.131. The number of urea groups is 1. The second-order valence-electron chi connectivity index (χ2n) is 8.45. The summed E-state index contributed by atoms with van der Waals surface area (Å²) in [6.45, 7) is 4.72. The van der Waals surface area contributed by atoms with Gasteiger partial charge in [0.25, 0.3) is 11.8 Å². The Bertz CT molecular complexity index is 1050. The number of anilines is 1. The van der Waals surface area contributed by atoms with Gasteiger partial charge in [-0.1, -0.05) is 6.08 Å². The van der Waals surface area contributed by atoms with Gasteiger partial charge in [-0.3, -0.25) is 20.2 Å². The summed E-state index contributed by atoms with van der Waals surface area (Å²) < 4.78 is 5.92. The van der Waals surface area contributed by atoms with Gasteiger partial charge in [-0.15, -0.1) is 0 Å². The molecule has 3 aliphatic heterocycles. The first-order chi connectivity index (χ1) is 15.4. The average Bonchev–Trinajstić information content (AvgIpc) is 3.38. The van der Waals surface area contributed by atoms with Crippen molar-refractivity contribution in [3.63, 3.8) is 0 Å². The van der Waals surface area contributed by atoms with Crippen LogP contribution in [0.1, 0.15) is 26.7 Å². The number of rotatable bonds is 4. The molecule has 32 heavy (non-hydrogen) atoms. The van der Waals surface area contributed by atoms with Crippen LogP contribution in [-0.2, 0) is 9.59 Å². The largest absolute Gasteiger partial charge is 0.439 e. The summed E-state index contributed by atoms with van der Waals surface area (Å²) in [4.78, 5) is 42.8. The molecule has 3 N–H and O–H groups in total. The minimum atomic E-state index is -1.44. The van der Waals surface area contributed by atoms with E-state index in [4.69, 9.17) is 4.74 Å². The fourth-order valence-electron chi connectivity index (χ4n) is 4.46. The van der Waals surface area contributed by atoms with Crippen molar-refractivity contribution in [2.75, 3.05) is 11.4 Å². The van der Waals surface area contributed by atoms with Crippen LogP contribution in [-0.4, -0.2) is 52.0 Å². The second-order valence-corrected chi connectivity index (χ2v) is 8.45. The van der Waals surface area contributed by atoms with Gasteiger partial charge >= 0.3 is 6.03 Å². The highest BCUT2D eigenvalue weighted by Gasteiger charge is 2.57. The zero-order chi connectivity index (χ0) is 22.5.